The lowest BCUT2D eigenvalue weighted by atomic mass is 9.86. The van der Waals surface area contributed by atoms with Crippen molar-refractivity contribution in [2.45, 2.75) is 69.2 Å². The summed E-state index contributed by atoms with van der Waals surface area (Å²) in [6.07, 6.45) is 9.06. The van der Waals surface area contributed by atoms with Gasteiger partial charge in [-0.2, -0.15) is 0 Å². The quantitative estimate of drug-likeness (QED) is 0.173. The molecule has 34 heavy (non-hydrogen) atoms. The maximum Gasteiger partial charge on any atom is 0.160 e. The molecule has 3 N–H and O–H groups in total. The number of para-hydroxylation sites is 1. The van der Waals surface area contributed by atoms with Crippen LogP contribution in [0.25, 0.3) is 0 Å². The van der Waals surface area contributed by atoms with Gasteiger partial charge in [-0.25, -0.2) is 0 Å². The standard InChI is InChI=1S/C28H42N2O3S/c1-3-18-30(23-13-14-24-22(21-23)12-15-25(31)28(24)32)19-9-5-4-8-16-29-17-20-34-27-11-7-6-10-26(27)33-2/h6-7,10-12,15,23,29,31-32H,3-5,8-9,13-14,16-21H2,1-2H3/t23-/m0/s1. The van der Waals surface area contributed by atoms with Crippen LogP contribution in [-0.4, -0.2) is 60.2 Å². The zero-order valence-electron chi connectivity index (χ0n) is 20.9. The van der Waals surface area contributed by atoms with E-state index in [-0.39, 0.29) is 11.5 Å². The summed E-state index contributed by atoms with van der Waals surface area (Å²) in [7, 11) is 1.73. The molecule has 0 heterocycles. The van der Waals surface area contributed by atoms with Gasteiger partial charge in [-0.3, -0.25) is 0 Å². The lowest BCUT2D eigenvalue weighted by Crippen LogP contribution is -2.40. The minimum Gasteiger partial charge on any atom is -0.504 e. The smallest absolute Gasteiger partial charge is 0.160 e. The molecule has 0 aliphatic heterocycles. The summed E-state index contributed by atoms with van der Waals surface area (Å²) in [4.78, 5) is 3.86. The fraction of sp³-hybridized carbons (Fsp3) is 0.571. The molecule has 2 aromatic rings. The van der Waals surface area contributed by atoms with Gasteiger partial charge in [0.1, 0.15) is 5.75 Å². The third-order valence-electron chi connectivity index (χ3n) is 6.72. The van der Waals surface area contributed by atoms with Crippen molar-refractivity contribution in [2.24, 2.45) is 0 Å². The third-order valence-corrected chi connectivity index (χ3v) is 7.78. The van der Waals surface area contributed by atoms with Gasteiger partial charge in [0.25, 0.3) is 0 Å². The third kappa shape index (κ3) is 7.82. The number of nitrogens with one attached hydrogen (secondary N) is 1. The summed E-state index contributed by atoms with van der Waals surface area (Å²) in [5, 5.41) is 23.5. The number of thioether (sulfide) groups is 1. The highest BCUT2D eigenvalue weighted by atomic mass is 32.2. The van der Waals surface area contributed by atoms with Crippen LogP contribution in [0.5, 0.6) is 17.2 Å². The monoisotopic (exact) mass is 486 g/mol. The number of phenolic OH excluding ortho intramolecular Hbond substituents is 2. The van der Waals surface area contributed by atoms with Gasteiger partial charge < -0.3 is 25.2 Å². The fourth-order valence-corrected chi connectivity index (χ4v) is 5.83. The topological polar surface area (TPSA) is 65.0 Å². The van der Waals surface area contributed by atoms with Gasteiger partial charge in [-0.05, 0) is 81.9 Å². The molecule has 0 amide bonds. The molecule has 0 bridgehead atoms. The Morgan fingerprint density at radius 2 is 1.85 bits per heavy atom. The zero-order valence-corrected chi connectivity index (χ0v) is 21.7. The predicted molar refractivity (Wildman–Crippen MR) is 143 cm³/mol. The van der Waals surface area contributed by atoms with Crippen LogP contribution >= 0.6 is 11.8 Å². The molecule has 0 saturated carbocycles. The fourth-order valence-electron chi connectivity index (χ4n) is 4.89. The van der Waals surface area contributed by atoms with Crippen molar-refractivity contribution in [2.75, 3.05) is 39.0 Å². The van der Waals surface area contributed by atoms with Crippen LogP contribution in [0.2, 0.25) is 0 Å². The van der Waals surface area contributed by atoms with Gasteiger partial charge in [0, 0.05) is 28.8 Å². The number of aromatic hydroxyl groups is 2. The molecule has 5 nitrogen and oxygen atoms in total. The molecule has 3 rings (SSSR count). The highest BCUT2D eigenvalue weighted by Crippen LogP contribution is 2.36. The molecular formula is C28H42N2O3S. The van der Waals surface area contributed by atoms with Crippen molar-refractivity contribution in [3.05, 3.63) is 47.5 Å². The number of hydrogen-bond donors (Lipinski definition) is 3. The number of hydrogen-bond acceptors (Lipinski definition) is 6. The van der Waals surface area contributed by atoms with E-state index in [1.54, 1.807) is 13.2 Å². The molecule has 0 saturated heterocycles. The van der Waals surface area contributed by atoms with E-state index in [1.807, 2.05) is 30.0 Å². The highest BCUT2D eigenvalue weighted by Gasteiger charge is 2.26. The Bertz CT molecular complexity index is 877. The second-order valence-corrected chi connectivity index (χ2v) is 10.3. The van der Waals surface area contributed by atoms with Crippen LogP contribution in [0.1, 0.15) is 56.6 Å². The van der Waals surface area contributed by atoms with Gasteiger partial charge >= 0.3 is 0 Å². The molecule has 0 radical (unpaired) electrons. The predicted octanol–water partition coefficient (Wildman–Crippen LogP) is 5.62. The van der Waals surface area contributed by atoms with Crippen LogP contribution in [0.15, 0.2) is 41.3 Å². The van der Waals surface area contributed by atoms with E-state index in [1.165, 1.54) is 42.6 Å². The Balaban J connectivity index is 1.28. The van der Waals surface area contributed by atoms with Crippen LogP contribution in [-0.2, 0) is 12.8 Å². The molecule has 1 aliphatic carbocycles. The minimum atomic E-state index is 0.00674. The van der Waals surface area contributed by atoms with Gasteiger partial charge in [0.05, 0.1) is 7.11 Å². The number of fused-ring (bicyclic) bond motifs is 1. The Kier molecular flexibility index (Phi) is 11.4. The summed E-state index contributed by atoms with van der Waals surface area (Å²) in [5.41, 5.74) is 2.14. The molecule has 6 heteroatoms. The second-order valence-electron chi connectivity index (χ2n) is 9.17. The van der Waals surface area contributed by atoms with Crippen molar-refractivity contribution in [1.29, 1.82) is 0 Å². The number of nitrogens with zero attached hydrogens (tertiary/aromatic N) is 1. The first-order valence-corrected chi connectivity index (χ1v) is 13.9. The van der Waals surface area contributed by atoms with Gasteiger partial charge in [-0.1, -0.05) is 38.0 Å². The Morgan fingerprint density at radius 3 is 2.68 bits per heavy atom. The Morgan fingerprint density at radius 1 is 1.03 bits per heavy atom. The first-order valence-electron chi connectivity index (χ1n) is 12.9. The number of unbranched alkanes of at least 4 members (excludes halogenated alkanes) is 3. The van der Waals surface area contributed by atoms with Crippen molar-refractivity contribution >= 4 is 11.8 Å². The number of ether oxygens (including phenoxy) is 1. The summed E-state index contributed by atoms with van der Waals surface area (Å²) >= 11 is 1.84. The Hall–Kier alpha value is -1.89. The number of benzene rings is 2. The average molecular weight is 487 g/mol. The van der Waals surface area contributed by atoms with E-state index in [0.29, 0.717) is 6.04 Å². The maximum atomic E-state index is 10.2. The highest BCUT2D eigenvalue weighted by molar-refractivity contribution is 7.99. The minimum absolute atomic E-state index is 0.00674. The van der Waals surface area contributed by atoms with Crippen molar-refractivity contribution in [1.82, 2.24) is 10.2 Å². The van der Waals surface area contributed by atoms with Crippen LogP contribution in [0.3, 0.4) is 0 Å². The van der Waals surface area contributed by atoms with Crippen LogP contribution in [0, 0.1) is 0 Å². The second kappa shape index (κ2) is 14.5. The number of rotatable bonds is 15. The maximum absolute atomic E-state index is 10.2. The number of phenols is 2. The largest absolute Gasteiger partial charge is 0.504 e. The SMILES string of the molecule is CCCN(CCCCCCNCCSc1ccccc1OC)[C@H]1CCc2c(ccc(O)c2O)C1. The van der Waals surface area contributed by atoms with E-state index in [0.717, 1.165) is 62.5 Å². The Labute approximate surface area is 209 Å². The summed E-state index contributed by atoms with van der Waals surface area (Å²) < 4.78 is 5.41. The van der Waals surface area contributed by atoms with Crippen molar-refractivity contribution < 1.29 is 14.9 Å². The van der Waals surface area contributed by atoms with Crippen molar-refractivity contribution in [3.63, 3.8) is 0 Å². The molecule has 0 fully saturated rings. The summed E-state index contributed by atoms with van der Waals surface area (Å²) in [6.45, 7) is 6.65. The van der Waals surface area contributed by atoms with Crippen LogP contribution in [0.4, 0.5) is 0 Å². The van der Waals surface area contributed by atoms with E-state index < -0.39 is 0 Å². The number of methoxy groups -OCH3 is 1. The lowest BCUT2D eigenvalue weighted by molar-refractivity contribution is 0.175. The first-order chi connectivity index (χ1) is 16.6. The average Bonchev–Trinajstić information content (AvgIpc) is 2.86. The van der Waals surface area contributed by atoms with E-state index >= 15 is 0 Å². The van der Waals surface area contributed by atoms with E-state index in [2.05, 4.69) is 29.3 Å². The molecule has 1 atom stereocenters. The molecular weight excluding hydrogens is 444 g/mol. The molecule has 2 aromatic carbocycles. The zero-order chi connectivity index (χ0) is 24.2. The summed E-state index contributed by atoms with van der Waals surface area (Å²) in [5.74, 6) is 2.10. The molecule has 1 aliphatic rings. The molecule has 188 valence electrons. The van der Waals surface area contributed by atoms with Crippen LogP contribution < -0.4 is 10.1 Å². The van der Waals surface area contributed by atoms with Gasteiger partial charge in [-0.15, -0.1) is 11.8 Å². The lowest BCUT2D eigenvalue weighted by Gasteiger charge is -2.35. The van der Waals surface area contributed by atoms with Gasteiger partial charge in [0.15, 0.2) is 11.5 Å². The normalized spacial score (nSPS) is 15.4. The van der Waals surface area contributed by atoms with E-state index in [9.17, 15) is 10.2 Å². The van der Waals surface area contributed by atoms with E-state index in [4.69, 9.17) is 4.74 Å². The molecule has 0 aromatic heterocycles. The molecule has 0 spiro atoms. The first kappa shape index (κ1) is 26.7. The summed E-state index contributed by atoms with van der Waals surface area (Å²) in [6, 6.07) is 12.4. The van der Waals surface area contributed by atoms with Gasteiger partial charge in [0.2, 0.25) is 0 Å². The molecule has 0 unspecified atom stereocenters. The van der Waals surface area contributed by atoms with Crippen molar-refractivity contribution in [3.8, 4) is 17.2 Å².